The summed E-state index contributed by atoms with van der Waals surface area (Å²) >= 11 is 0. The summed E-state index contributed by atoms with van der Waals surface area (Å²) in [5.41, 5.74) is 1.33. The largest absolute Gasteiger partial charge is 0.481 e. The molecule has 2 unspecified atom stereocenters. The third kappa shape index (κ3) is 28.0. The van der Waals surface area contributed by atoms with E-state index in [1.54, 1.807) is 52.3 Å². The summed E-state index contributed by atoms with van der Waals surface area (Å²) in [6.07, 6.45) is 1.81. The number of nitrogens with one attached hydrogen (secondary N) is 7. The Bertz CT molecular complexity index is 2230. The van der Waals surface area contributed by atoms with Crippen LogP contribution in [0, 0.1) is 12.1 Å². The van der Waals surface area contributed by atoms with Gasteiger partial charge in [0.25, 0.3) is 0 Å². The molecule has 26 nitrogen and oxygen atoms in total. The maximum atomic E-state index is 14.0. The number of hydrogen-bond donors (Lipinski definition) is 12. The number of urea groups is 1. The zero-order valence-electron chi connectivity index (χ0n) is 43.0. The van der Waals surface area contributed by atoms with Gasteiger partial charge in [-0.2, -0.15) is 0 Å². The second kappa shape index (κ2) is 35.4. The first-order chi connectivity index (χ1) is 36.8. The van der Waals surface area contributed by atoms with Crippen LogP contribution in [0.25, 0.3) is 0 Å². The summed E-state index contributed by atoms with van der Waals surface area (Å²) in [6.45, 7) is 1.94. The highest BCUT2D eigenvalue weighted by Crippen LogP contribution is 2.10. The van der Waals surface area contributed by atoms with Crippen LogP contribution < -0.4 is 37.2 Å². The minimum atomic E-state index is -1.57. The van der Waals surface area contributed by atoms with Gasteiger partial charge in [0, 0.05) is 96.6 Å². The maximum Gasteiger partial charge on any atom is 0.326 e. The van der Waals surface area contributed by atoms with Crippen LogP contribution in [0.15, 0.2) is 48.5 Å². The molecule has 0 bridgehead atoms. The predicted octanol–water partition coefficient (Wildman–Crippen LogP) is -1.33. The molecule has 4 atom stereocenters. The molecule has 422 valence electrons. The molecule has 0 spiro atoms. The number of nitrogens with zero attached hydrogens (tertiary/aromatic N) is 3. The lowest BCUT2D eigenvalue weighted by Gasteiger charge is -2.24. The molecule has 3 rings (SSSR count). The first kappa shape index (κ1) is 63.4. The van der Waals surface area contributed by atoms with Crippen LogP contribution in [0.4, 0.5) is 4.79 Å². The van der Waals surface area contributed by atoms with Crippen LogP contribution in [0.3, 0.4) is 0 Å². The zero-order chi connectivity index (χ0) is 56.5. The van der Waals surface area contributed by atoms with Crippen molar-refractivity contribution in [1.29, 1.82) is 0 Å². The van der Waals surface area contributed by atoms with E-state index in [9.17, 15) is 73.2 Å². The van der Waals surface area contributed by atoms with Crippen LogP contribution >= 0.6 is 0 Å². The molecule has 0 aromatic heterocycles. The number of rotatable bonds is 35. The van der Waals surface area contributed by atoms with Crippen molar-refractivity contribution < 1.29 is 78.3 Å². The molecule has 2 aromatic carbocycles. The number of amides is 7. The Balaban J connectivity index is 1.47. The highest BCUT2D eigenvalue weighted by atomic mass is 16.4. The monoisotopic (exact) mass is 1080 g/mol. The van der Waals surface area contributed by atoms with Crippen molar-refractivity contribution in [2.24, 2.45) is 0 Å². The van der Waals surface area contributed by atoms with E-state index in [2.05, 4.69) is 44.0 Å². The lowest BCUT2D eigenvalue weighted by molar-refractivity contribution is -0.141. The fourth-order valence-corrected chi connectivity index (χ4v) is 8.02. The number of unbranched alkanes of at least 4 members (excludes halogenated alkanes) is 4. The number of carboxylic acids is 5. The summed E-state index contributed by atoms with van der Waals surface area (Å²) < 4.78 is 0. The summed E-state index contributed by atoms with van der Waals surface area (Å²) in [5.74, 6) is -8.67. The number of carbonyl (C=O) groups excluding carboxylic acids is 6. The van der Waals surface area contributed by atoms with E-state index in [4.69, 9.17) is 5.11 Å². The predicted molar refractivity (Wildman–Crippen MR) is 274 cm³/mol. The molecular weight excluding hydrogens is 1010 g/mol. The second-order valence-corrected chi connectivity index (χ2v) is 18.4. The fourth-order valence-electron chi connectivity index (χ4n) is 8.02. The molecule has 12 N–H and O–H groups in total. The van der Waals surface area contributed by atoms with Crippen LogP contribution in [0.1, 0.15) is 75.3 Å². The second-order valence-electron chi connectivity index (χ2n) is 18.4. The summed E-state index contributed by atoms with van der Waals surface area (Å²) in [5, 5.41) is 64.1. The van der Waals surface area contributed by atoms with Crippen molar-refractivity contribution in [2.75, 3.05) is 78.5 Å². The molecule has 26 heteroatoms. The zero-order valence-corrected chi connectivity index (χ0v) is 43.0. The third-order valence-corrected chi connectivity index (χ3v) is 12.1. The third-order valence-electron chi connectivity index (χ3n) is 12.1. The van der Waals surface area contributed by atoms with Crippen molar-refractivity contribution in [3.8, 4) is 0 Å². The van der Waals surface area contributed by atoms with Gasteiger partial charge in [0.1, 0.15) is 24.2 Å². The van der Waals surface area contributed by atoms with Crippen LogP contribution in [0.2, 0.25) is 0 Å². The van der Waals surface area contributed by atoms with Gasteiger partial charge < -0.3 is 62.8 Å². The molecule has 0 radical (unpaired) electrons. The highest BCUT2D eigenvalue weighted by molar-refractivity contribution is 5.92. The highest BCUT2D eigenvalue weighted by Gasteiger charge is 2.29. The molecule has 1 fully saturated rings. The normalized spacial score (nSPS) is 14.7. The fraction of sp³-hybridized carbons (Fsp3) is 0.549. The van der Waals surface area contributed by atoms with Crippen molar-refractivity contribution >= 4 is 65.4 Å². The van der Waals surface area contributed by atoms with Gasteiger partial charge >= 0.3 is 35.9 Å². The van der Waals surface area contributed by atoms with Crippen molar-refractivity contribution in [3.05, 3.63) is 71.8 Å². The van der Waals surface area contributed by atoms with E-state index in [0.29, 0.717) is 76.9 Å². The topological polar surface area (TPSA) is 383 Å². The number of hydrogen-bond acceptors (Lipinski definition) is 14. The van der Waals surface area contributed by atoms with Gasteiger partial charge in [0.05, 0.1) is 19.6 Å². The Morgan fingerprint density at radius 1 is 0.468 bits per heavy atom. The Kier molecular flexibility index (Phi) is 29.1. The molecule has 2 aromatic rings. The molecule has 0 aliphatic carbocycles. The van der Waals surface area contributed by atoms with E-state index >= 15 is 0 Å². The Labute approximate surface area is 446 Å². The van der Waals surface area contributed by atoms with Gasteiger partial charge in [-0.25, -0.2) is 14.4 Å². The van der Waals surface area contributed by atoms with Crippen molar-refractivity contribution in [3.63, 3.8) is 0 Å². The summed E-state index contributed by atoms with van der Waals surface area (Å²) in [4.78, 5) is 141. The van der Waals surface area contributed by atoms with Crippen LogP contribution in [-0.2, 0) is 60.8 Å². The van der Waals surface area contributed by atoms with E-state index in [0.717, 1.165) is 5.56 Å². The Hall–Kier alpha value is -7.89. The molecule has 1 aliphatic rings. The lowest BCUT2D eigenvalue weighted by Crippen LogP contribution is -2.55. The van der Waals surface area contributed by atoms with Gasteiger partial charge in [-0.3, -0.25) is 53.1 Å². The van der Waals surface area contributed by atoms with Gasteiger partial charge in [0.2, 0.25) is 29.5 Å². The number of aliphatic carboxylic acids is 5. The number of benzene rings is 1. The van der Waals surface area contributed by atoms with E-state index < -0.39 is 90.6 Å². The Morgan fingerprint density at radius 2 is 1.00 bits per heavy atom. The van der Waals surface area contributed by atoms with Crippen molar-refractivity contribution in [1.82, 2.24) is 51.9 Å². The smallest absolute Gasteiger partial charge is 0.326 e. The standard InChI is InChI=1S/C51H72N10O16/c62-41(19-17-37(49(73)74)57-51(77)58-38(50(75)76)18-20-44(65)66)52-21-11-3-1-2-10-16-42(63)55-40(31-36-14-8-5-9-15-36)48(72)56-39(30-35-12-6-4-7-13-35)47(71)54-23-22-53-43(64)32-59-24-26-60(33-45(67)68)28-29-61(27-25-59)34-46(69)70/h4-6,8-9,12,14-15,37-40H,1-3,10-11,16-34H2,(H,52,62)(H,53,64)(H,54,71)(H,55,63)(H,56,72)(H,65,66)(H,67,68)(H,69,70)(H,73,74)(H,75,76)(H2,57,58,77)/t37?,38?,39-,40-/m0/s1. The molecule has 1 heterocycles. The first-order valence-electron chi connectivity index (χ1n) is 25.4. The average molecular weight is 1080 g/mol. The van der Waals surface area contributed by atoms with Gasteiger partial charge in [0.15, 0.2) is 0 Å². The molecule has 77 heavy (non-hydrogen) atoms. The van der Waals surface area contributed by atoms with Crippen LogP contribution in [0.5, 0.6) is 0 Å². The number of carboxylic acid groups (broad SMARTS) is 5. The summed E-state index contributed by atoms with van der Waals surface area (Å²) in [6, 6.07) is 13.4. The van der Waals surface area contributed by atoms with E-state index in [1.807, 2.05) is 16.3 Å². The average Bonchev–Trinajstić information content (AvgIpc) is 3.46. The summed E-state index contributed by atoms with van der Waals surface area (Å²) in [7, 11) is 0. The molecule has 1 saturated heterocycles. The first-order valence-corrected chi connectivity index (χ1v) is 25.4. The molecule has 0 saturated carbocycles. The minimum absolute atomic E-state index is 0.00361. The Morgan fingerprint density at radius 3 is 1.56 bits per heavy atom. The quantitative estimate of drug-likeness (QED) is 0.0356. The van der Waals surface area contributed by atoms with Gasteiger partial charge in [-0.15, -0.1) is 0 Å². The SMILES string of the molecule is O=C(O)CCC(NC(=O)NC(CCC(=O)NCCCCCCCC(=O)N[C@@H](Cc1ccccc1)C(=O)N[C@@H](Cc1c#cccc1)C(=O)NCCNC(=O)CN1CCN(CC(=O)O)CCN(CC(=O)O)CC1)C(=O)O)C(=O)O. The molecule has 1 aliphatic heterocycles. The molecule has 7 amide bonds. The van der Waals surface area contributed by atoms with E-state index in [-0.39, 0.29) is 83.2 Å². The minimum Gasteiger partial charge on any atom is -0.481 e. The van der Waals surface area contributed by atoms with Crippen molar-refractivity contribution in [2.45, 2.75) is 101 Å². The number of carbonyl (C=O) groups is 11. The van der Waals surface area contributed by atoms with Gasteiger partial charge in [-0.1, -0.05) is 67.8 Å². The molecular formula is C51H72N10O16. The van der Waals surface area contributed by atoms with Gasteiger partial charge in [-0.05, 0) is 43.4 Å². The lowest BCUT2D eigenvalue weighted by atomic mass is 10.0. The maximum absolute atomic E-state index is 14.0. The van der Waals surface area contributed by atoms with E-state index in [1.165, 1.54) is 0 Å². The van der Waals surface area contributed by atoms with Crippen LogP contribution in [-0.4, -0.2) is 208 Å².